The van der Waals surface area contributed by atoms with Crippen LogP contribution in [0.3, 0.4) is 0 Å². The van der Waals surface area contributed by atoms with Gasteiger partial charge < -0.3 is 10.2 Å². The summed E-state index contributed by atoms with van der Waals surface area (Å²) in [6, 6.07) is 10.2. The average molecular weight is 322 g/mol. The number of hydrogen-bond donors (Lipinski definition) is 1. The normalized spacial score (nSPS) is 17.0. The van der Waals surface area contributed by atoms with Crippen molar-refractivity contribution in [3.05, 3.63) is 47.8 Å². The molecule has 1 aromatic carbocycles. The Hall–Kier alpha value is -1.92. The van der Waals surface area contributed by atoms with E-state index in [-0.39, 0.29) is 24.4 Å². The van der Waals surface area contributed by atoms with E-state index in [1.54, 1.807) is 15.8 Å². The van der Waals surface area contributed by atoms with Crippen LogP contribution in [0.4, 0.5) is 0 Å². The van der Waals surface area contributed by atoms with E-state index >= 15 is 0 Å². The summed E-state index contributed by atoms with van der Waals surface area (Å²) in [6.07, 6.45) is 2.70. The molecule has 1 saturated heterocycles. The van der Waals surface area contributed by atoms with Crippen LogP contribution in [-0.2, 0) is 6.54 Å². The summed E-state index contributed by atoms with van der Waals surface area (Å²) in [4.78, 5) is 14.1. The summed E-state index contributed by atoms with van der Waals surface area (Å²) in [5.41, 5.74) is 1.54. The molecular weight excluding hydrogens is 302 g/mol. The first kappa shape index (κ1) is 16.5. The highest BCUT2D eigenvalue weighted by atomic mass is 35.5. The van der Waals surface area contributed by atoms with Crippen LogP contribution in [-0.4, -0.2) is 52.0 Å². The second-order valence-electron chi connectivity index (χ2n) is 5.35. The van der Waals surface area contributed by atoms with Crippen LogP contribution < -0.4 is 5.32 Å². The maximum absolute atomic E-state index is 12.4. The highest BCUT2D eigenvalue weighted by Gasteiger charge is 2.25. The molecule has 0 aliphatic carbocycles. The molecule has 7 heteroatoms. The first-order chi connectivity index (χ1) is 10.2. The number of halogens is 1. The van der Waals surface area contributed by atoms with Gasteiger partial charge in [0.25, 0.3) is 5.91 Å². The Balaban J connectivity index is 0.00000176. The van der Waals surface area contributed by atoms with Crippen LogP contribution in [0.1, 0.15) is 22.5 Å². The Morgan fingerprint density at radius 1 is 1.41 bits per heavy atom. The predicted molar refractivity (Wildman–Crippen MR) is 86.2 cm³/mol. The predicted octanol–water partition coefficient (Wildman–Crippen LogP) is 1.18. The van der Waals surface area contributed by atoms with Crippen LogP contribution in [0.5, 0.6) is 0 Å². The summed E-state index contributed by atoms with van der Waals surface area (Å²) in [5.74, 6) is -0.0667. The molecule has 1 atom stereocenters. The number of nitrogens with zero attached hydrogens (tertiary/aromatic N) is 4. The highest BCUT2D eigenvalue weighted by molar-refractivity contribution is 5.92. The summed E-state index contributed by atoms with van der Waals surface area (Å²) in [5, 5.41) is 11.3. The van der Waals surface area contributed by atoms with Crippen LogP contribution in [0, 0.1) is 0 Å². The van der Waals surface area contributed by atoms with Gasteiger partial charge in [0.15, 0.2) is 5.69 Å². The average Bonchev–Trinajstić information content (AvgIpc) is 3.18. The van der Waals surface area contributed by atoms with Crippen molar-refractivity contribution in [1.29, 1.82) is 0 Å². The van der Waals surface area contributed by atoms with Gasteiger partial charge in [-0.1, -0.05) is 35.5 Å². The van der Waals surface area contributed by atoms with E-state index in [4.69, 9.17) is 0 Å². The first-order valence-corrected chi connectivity index (χ1v) is 7.16. The summed E-state index contributed by atoms with van der Waals surface area (Å²) in [6.45, 7) is 2.43. The van der Waals surface area contributed by atoms with E-state index in [1.807, 2.05) is 37.4 Å². The molecule has 6 nitrogen and oxygen atoms in total. The van der Waals surface area contributed by atoms with Crippen molar-refractivity contribution in [3.8, 4) is 0 Å². The SMILES string of the molecule is CN(C(=O)c1cn(Cc2ccccc2)nn1)C1CCNC1.Cl. The number of hydrogen-bond acceptors (Lipinski definition) is 4. The fourth-order valence-electron chi connectivity index (χ4n) is 2.56. The van der Waals surface area contributed by atoms with Gasteiger partial charge in [-0.2, -0.15) is 0 Å². The molecule has 22 heavy (non-hydrogen) atoms. The zero-order valence-corrected chi connectivity index (χ0v) is 13.3. The van der Waals surface area contributed by atoms with Crippen molar-refractivity contribution in [1.82, 2.24) is 25.2 Å². The number of carbonyl (C=O) groups is 1. The Morgan fingerprint density at radius 3 is 2.86 bits per heavy atom. The van der Waals surface area contributed by atoms with Crippen LogP contribution in [0.25, 0.3) is 0 Å². The molecule has 0 spiro atoms. The topological polar surface area (TPSA) is 63.1 Å². The van der Waals surface area contributed by atoms with Gasteiger partial charge in [-0.25, -0.2) is 4.68 Å². The Bertz CT molecular complexity index is 609. The van der Waals surface area contributed by atoms with Gasteiger partial charge in [-0.15, -0.1) is 17.5 Å². The monoisotopic (exact) mass is 321 g/mol. The van der Waals surface area contributed by atoms with Crippen molar-refractivity contribution < 1.29 is 4.79 Å². The molecule has 1 aromatic heterocycles. The van der Waals surface area contributed by atoms with Gasteiger partial charge >= 0.3 is 0 Å². The van der Waals surface area contributed by atoms with E-state index in [0.717, 1.165) is 25.1 Å². The minimum atomic E-state index is -0.0667. The lowest BCUT2D eigenvalue weighted by Gasteiger charge is -2.22. The first-order valence-electron chi connectivity index (χ1n) is 7.16. The Kier molecular flexibility index (Phi) is 5.51. The van der Waals surface area contributed by atoms with E-state index in [2.05, 4.69) is 15.6 Å². The fourth-order valence-corrected chi connectivity index (χ4v) is 2.56. The zero-order chi connectivity index (χ0) is 14.7. The molecule has 1 aliphatic heterocycles. The van der Waals surface area contributed by atoms with E-state index in [9.17, 15) is 4.79 Å². The largest absolute Gasteiger partial charge is 0.336 e. The lowest BCUT2D eigenvalue weighted by Crippen LogP contribution is -2.38. The highest BCUT2D eigenvalue weighted by Crippen LogP contribution is 2.10. The molecule has 1 aliphatic rings. The van der Waals surface area contributed by atoms with Crippen molar-refractivity contribution in [3.63, 3.8) is 0 Å². The number of likely N-dealkylation sites (N-methyl/N-ethyl adjacent to an activating group) is 1. The molecule has 1 N–H and O–H groups in total. The maximum atomic E-state index is 12.4. The van der Waals surface area contributed by atoms with E-state index in [0.29, 0.717) is 12.2 Å². The second-order valence-corrected chi connectivity index (χ2v) is 5.35. The third-order valence-corrected chi connectivity index (χ3v) is 3.85. The lowest BCUT2D eigenvalue weighted by atomic mass is 10.2. The van der Waals surface area contributed by atoms with E-state index in [1.165, 1.54) is 0 Å². The minimum absolute atomic E-state index is 0. The Labute approximate surface area is 135 Å². The number of amides is 1. The van der Waals surface area contributed by atoms with Crippen molar-refractivity contribution in [2.45, 2.75) is 19.0 Å². The van der Waals surface area contributed by atoms with Gasteiger partial charge in [0.2, 0.25) is 0 Å². The van der Waals surface area contributed by atoms with Gasteiger partial charge in [0, 0.05) is 19.6 Å². The van der Waals surface area contributed by atoms with Gasteiger partial charge in [-0.3, -0.25) is 4.79 Å². The smallest absolute Gasteiger partial charge is 0.276 e. The standard InChI is InChI=1S/C15H19N5O.ClH/c1-19(13-7-8-16-9-13)15(21)14-11-20(18-17-14)10-12-5-3-2-4-6-12;/h2-6,11,13,16H,7-10H2,1H3;1H. The molecular formula is C15H20ClN5O. The third kappa shape index (κ3) is 3.64. The summed E-state index contributed by atoms with van der Waals surface area (Å²) >= 11 is 0. The molecule has 0 radical (unpaired) electrons. The summed E-state index contributed by atoms with van der Waals surface area (Å²) < 4.78 is 1.70. The number of aromatic nitrogens is 3. The quantitative estimate of drug-likeness (QED) is 0.918. The molecule has 1 amide bonds. The van der Waals surface area contributed by atoms with Crippen molar-refractivity contribution in [2.24, 2.45) is 0 Å². The van der Waals surface area contributed by atoms with Gasteiger partial charge in [0.05, 0.1) is 12.7 Å². The van der Waals surface area contributed by atoms with Crippen LogP contribution in [0.2, 0.25) is 0 Å². The Morgan fingerprint density at radius 2 is 2.18 bits per heavy atom. The zero-order valence-electron chi connectivity index (χ0n) is 12.5. The number of benzene rings is 1. The third-order valence-electron chi connectivity index (χ3n) is 3.85. The van der Waals surface area contributed by atoms with Crippen LogP contribution >= 0.6 is 12.4 Å². The molecule has 2 aromatic rings. The molecule has 0 bridgehead atoms. The second kappa shape index (κ2) is 7.38. The maximum Gasteiger partial charge on any atom is 0.276 e. The van der Waals surface area contributed by atoms with E-state index < -0.39 is 0 Å². The lowest BCUT2D eigenvalue weighted by molar-refractivity contribution is 0.0737. The number of nitrogens with one attached hydrogen (secondary N) is 1. The van der Waals surface area contributed by atoms with Crippen molar-refractivity contribution >= 4 is 18.3 Å². The molecule has 2 heterocycles. The number of carbonyl (C=O) groups excluding carboxylic acids is 1. The number of rotatable bonds is 4. The fraction of sp³-hybridized carbons (Fsp3) is 0.400. The molecule has 1 fully saturated rings. The molecule has 118 valence electrons. The van der Waals surface area contributed by atoms with Gasteiger partial charge in [0.1, 0.15) is 0 Å². The molecule has 3 rings (SSSR count). The van der Waals surface area contributed by atoms with Crippen LogP contribution in [0.15, 0.2) is 36.5 Å². The molecule has 1 unspecified atom stereocenters. The van der Waals surface area contributed by atoms with Gasteiger partial charge in [-0.05, 0) is 18.5 Å². The van der Waals surface area contributed by atoms with Crippen molar-refractivity contribution in [2.75, 3.05) is 20.1 Å². The minimum Gasteiger partial charge on any atom is -0.336 e. The summed E-state index contributed by atoms with van der Waals surface area (Å²) in [7, 11) is 1.83. The molecule has 0 saturated carbocycles.